The average molecular weight is 172 g/mol. The molecule has 0 aromatic rings. The molecule has 0 amide bonds. The molecule has 0 aromatic carbocycles. The van der Waals surface area contributed by atoms with Crippen molar-refractivity contribution in [2.75, 3.05) is 0 Å². The normalized spacial score (nSPS) is 21.3. The maximum Gasteiger partial charge on any atom is 0.146 e. The van der Waals surface area contributed by atoms with E-state index in [9.17, 15) is 0 Å². The average Bonchev–Trinajstić information content (AvgIpc) is 2.39. The van der Waals surface area contributed by atoms with E-state index >= 15 is 0 Å². The first-order chi connectivity index (χ1) is 5.14. The van der Waals surface area contributed by atoms with Crippen molar-refractivity contribution in [3.05, 3.63) is 0 Å². The minimum Gasteiger partial charge on any atom is -0.423 e. The van der Waals surface area contributed by atoms with Crippen LogP contribution >= 0.6 is 0 Å². The molecule has 0 bridgehead atoms. The van der Waals surface area contributed by atoms with E-state index in [2.05, 4.69) is 13.8 Å². The zero-order chi connectivity index (χ0) is 8.32. The number of rotatable bonds is 3. The molecule has 1 aliphatic carbocycles. The van der Waals surface area contributed by atoms with Crippen molar-refractivity contribution in [2.45, 2.75) is 51.6 Å². The van der Waals surface area contributed by atoms with Crippen LogP contribution in [0.1, 0.15) is 46.0 Å². The van der Waals surface area contributed by atoms with Crippen LogP contribution in [0.3, 0.4) is 0 Å². The Hall–Kier alpha value is 0.177. The molecule has 0 N–H and O–H groups in total. The van der Waals surface area contributed by atoms with Gasteiger partial charge in [0.1, 0.15) is 10.5 Å². The van der Waals surface area contributed by atoms with E-state index in [0.29, 0.717) is 0 Å². The molecule has 1 saturated carbocycles. The van der Waals surface area contributed by atoms with E-state index in [-0.39, 0.29) is 5.60 Å². The number of hydrogen-bond acceptors (Lipinski definition) is 1. The second kappa shape index (κ2) is 3.72. The van der Waals surface area contributed by atoms with E-state index in [1.165, 1.54) is 32.1 Å². The van der Waals surface area contributed by atoms with Gasteiger partial charge >= 0.3 is 0 Å². The van der Waals surface area contributed by atoms with E-state index in [1.54, 1.807) is 0 Å². The molecule has 0 aliphatic heterocycles. The summed E-state index contributed by atoms with van der Waals surface area (Å²) in [6, 6.07) is 0. The third kappa shape index (κ3) is 2.95. The molecular formula is C9H20OSi. The Labute approximate surface area is 73.1 Å². The molecular weight excluding hydrogens is 152 g/mol. The summed E-state index contributed by atoms with van der Waals surface area (Å²) in [6.07, 6.45) is 7.04. The lowest BCUT2D eigenvalue weighted by Crippen LogP contribution is -2.25. The first-order valence-electron chi connectivity index (χ1n) is 4.69. The molecule has 0 radical (unpaired) electrons. The second-order valence-electron chi connectivity index (χ2n) is 4.32. The predicted octanol–water partition coefficient (Wildman–Crippen LogP) is 1.64. The zero-order valence-corrected chi connectivity index (χ0v) is 10.0. The predicted molar refractivity (Wildman–Crippen MR) is 51.7 cm³/mol. The summed E-state index contributed by atoms with van der Waals surface area (Å²) < 4.78 is 5.54. The van der Waals surface area contributed by atoms with Crippen LogP contribution in [0, 0.1) is 5.92 Å². The van der Waals surface area contributed by atoms with E-state index in [1.807, 2.05) is 0 Å². The SMILES string of the molecule is CC(C)(CC1CCCC1)O[SiH3]. The maximum absolute atomic E-state index is 5.54. The van der Waals surface area contributed by atoms with Crippen molar-refractivity contribution in [3.8, 4) is 0 Å². The van der Waals surface area contributed by atoms with Crippen LogP contribution in [0.4, 0.5) is 0 Å². The fourth-order valence-corrected chi connectivity index (χ4v) is 2.16. The third-order valence-corrected chi connectivity index (χ3v) is 3.91. The van der Waals surface area contributed by atoms with Gasteiger partial charge in [0.2, 0.25) is 0 Å². The summed E-state index contributed by atoms with van der Waals surface area (Å²) in [6.45, 7) is 4.44. The summed E-state index contributed by atoms with van der Waals surface area (Å²) >= 11 is 0. The summed E-state index contributed by atoms with van der Waals surface area (Å²) in [7, 11) is 0.878. The van der Waals surface area contributed by atoms with Crippen LogP contribution < -0.4 is 0 Å². The van der Waals surface area contributed by atoms with Crippen molar-refractivity contribution in [1.82, 2.24) is 0 Å². The van der Waals surface area contributed by atoms with Crippen LogP contribution in [0.15, 0.2) is 0 Å². The van der Waals surface area contributed by atoms with Gasteiger partial charge in [-0.2, -0.15) is 0 Å². The Balaban J connectivity index is 2.28. The van der Waals surface area contributed by atoms with Gasteiger partial charge in [0, 0.05) is 5.60 Å². The monoisotopic (exact) mass is 172 g/mol. The standard InChI is InChI=1S/C9H20OSi/c1-9(2,10-11)7-8-5-3-4-6-8/h8H,3-7H2,1-2,11H3. The molecule has 0 heterocycles. The van der Waals surface area contributed by atoms with Gasteiger partial charge < -0.3 is 4.43 Å². The minimum atomic E-state index is 0.168. The number of hydrogen-bond donors (Lipinski definition) is 0. The quantitative estimate of drug-likeness (QED) is 0.588. The first-order valence-corrected chi connectivity index (χ1v) is 5.51. The van der Waals surface area contributed by atoms with Crippen molar-refractivity contribution in [3.63, 3.8) is 0 Å². The summed E-state index contributed by atoms with van der Waals surface area (Å²) in [5.41, 5.74) is 0.168. The minimum absolute atomic E-state index is 0.168. The van der Waals surface area contributed by atoms with Gasteiger partial charge in [-0.3, -0.25) is 0 Å². The van der Waals surface area contributed by atoms with Crippen molar-refractivity contribution in [2.24, 2.45) is 5.92 Å². The lowest BCUT2D eigenvalue weighted by atomic mass is 9.92. The largest absolute Gasteiger partial charge is 0.423 e. The Kier molecular flexibility index (Phi) is 3.13. The molecule has 0 unspecified atom stereocenters. The van der Waals surface area contributed by atoms with Crippen LogP contribution in [0.25, 0.3) is 0 Å². The molecule has 66 valence electrons. The smallest absolute Gasteiger partial charge is 0.146 e. The van der Waals surface area contributed by atoms with E-state index in [4.69, 9.17) is 4.43 Å². The highest BCUT2D eigenvalue weighted by molar-refractivity contribution is 5.98. The second-order valence-corrected chi connectivity index (χ2v) is 4.73. The van der Waals surface area contributed by atoms with Gasteiger partial charge in [-0.1, -0.05) is 25.7 Å². The molecule has 11 heavy (non-hydrogen) atoms. The molecule has 1 aliphatic rings. The van der Waals surface area contributed by atoms with Gasteiger partial charge in [0.05, 0.1) is 0 Å². The molecule has 0 atom stereocenters. The Bertz CT molecular complexity index is 117. The molecule has 0 aromatic heterocycles. The van der Waals surface area contributed by atoms with Crippen LogP contribution in [-0.4, -0.2) is 16.1 Å². The van der Waals surface area contributed by atoms with Crippen LogP contribution in [0.2, 0.25) is 0 Å². The highest BCUT2D eigenvalue weighted by atomic mass is 28.2. The molecule has 0 spiro atoms. The molecule has 0 saturated heterocycles. The molecule has 1 rings (SSSR count). The summed E-state index contributed by atoms with van der Waals surface area (Å²) in [5, 5.41) is 0. The van der Waals surface area contributed by atoms with Crippen molar-refractivity contribution >= 4 is 10.5 Å². The van der Waals surface area contributed by atoms with Gasteiger partial charge in [0.25, 0.3) is 0 Å². The Morgan fingerprint density at radius 1 is 1.36 bits per heavy atom. The van der Waals surface area contributed by atoms with Gasteiger partial charge in [-0.05, 0) is 26.2 Å². The zero-order valence-electron chi connectivity index (χ0n) is 8.02. The summed E-state index contributed by atoms with van der Waals surface area (Å²) in [5.74, 6) is 0.957. The van der Waals surface area contributed by atoms with Gasteiger partial charge in [-0.15, -0.1) is 0 Å². The maximum atomic E-state index is 5.54. The summed E-state index contributed by atoms with van der Waals surface area (Å²) in [4.78, 5) is 0. The first kappa shape index (κ1) is 9.27. The molecule has 2 heteroatoms. The van der Waals surface area contributed by atoms with Crippen molar-refractivity contribution in [1.29, 1.82) is 0 Å². The van der Waals surface area contributed by atoms with Gasteiger partial charge in [0.15, 0.2) is 0 Å². The molecule has 1 fully saturated rings. The fraction of sp³-hybridized carbons (Fsp3) is 1.00. The van der Waals surface area contributed by atoms with E-state index < -0.39 is 0 Å². The Morgan fingerprint density at radius 3 is 2.36 bits per heavy atom. The van der Waals surface area contributed by atoms with Crippen LogP contribution in [0.5, 0.6) is 0 Å². The lowest BCUT2D eigenvalue weighted by molar-refractivity contribution is 0.0918. The highest BCUT2D eigenvalue weighted by Crippen LogP contribution is 2.32. The lowest BCUT2D eigenvalue weighted by Gasteiger charge is -2.26. The van der Waals surface area contributed by atoms with Gasteiger partial charge in [-0.25, -0.2) is 0 Å². The van der Waals surface area contributed by atoms with E-state index in [0.717, 1.165) is 16.4 Å². The molecule has 1 nitrogen and oxygen atoms in total. The topological polar surface area (TPSA) is 9.23 Å². The fourth-order valence-electron chi connectivity index (χ4n) is 1.99. The van der Waals surface area contributed by atoms with Crippen molar-refractivity contribution < 1.29 is 4.43 Å². The van der Waals surface area contributed by atoms with Crippen LogP contribution in [-0.2, 0) is 4.43 Å². The Morgan fingerprint density at radius 2 is 1.91 bits per heavy atom. The third-order valence-electron chi connectivity index (χ3n) is 2.81. The highest BCUT2D eigenvalue weighted by Gasteiger charge is 2.24.